The molecule has 0 aliphatic heterocycles. The highest BCUT2D eigenvalue weighted by molar-refractivity contribution is 9.10. The normalized spacial score (nSPS) is 10.8. The van der Waals surface area contributed by atoms with Crippen LogP contribution in [0.25, 0.3) is 10.9 Å². The Morgan fingerprint density at radius 2 is 2.12 bits per heavy atom. The Balaban J connectivity index is 1.60. The molecule has 0 aliphatic rings. The lowest BCUT2D eigenvalue weighted by molar-refractivity contribution is -0.142. The Labute approximate surface area is 150 Å². The summed E-state index contributed by atoms with van der Waals surface area (Å²) in [4.78, 5) is 42.9. The van der Waals surface area contributed by atoms with Gasteiger partial charge in [-0.05, 0) is 30.3 Å². The molecule has 0 saturated heterocycles. The smallest absolute Gasteiger partial charge is 0.308 e. The maximum absolute atomic E-state index is 12.4. The van der Waals surface area contributed by atoms with Crippen LogP contribution in [0.3, 0.4) is 0 Å². The molecule has 1 aromatic carbocycles. The number of carbonyl (C=O) groups is 2. The van der Waals surface area contributed by atoms with Crippen LogP contribution in [0.2, 0.25) is 0 Å². The minimum atomic E-state index is -0.554. The van der Waals surface area contributed by atoms with E-state index in [1.54, 1.807) is 36.5 Å². The van der Waals surface area contributed by atoms with Gasteiger partial charge < -0.3 is 9.72 Å². The fourth-order valence-corrected chi connectivity index (χ4v) is 2.66. The molecule has 3 aromatic rings. The van der Waals surface area contributed by atoms with Crippen molar-refractivity contribution in [1.82, 2.24) is 14.5 Å². The van der Waals surface area contributed by atoms with Gasteiger partial charge >= 0.3 is 5.97 Å². The number of aromatic nitrogens is 3. The lowest BCUT2D eigenvalue weighted by Gasteiger charge is -2.07. The molecular weight excluding hydrogens is 390 g/mol. The number of rotatable bonds is 6. The third-order valence-corrected chi connectivity index (χ3v) is 4.10. The van der Waals surface area contributed by atoms with Crippen molar-refractivity contribution in [2.75, 3.05) is 6.61 Å². The lowest BCUT2D eigenvalue weighted by Crippen LogP contribution is -2.23. The van der Waals surface area contributed by atoms with Crippen LogP contribution in [-0.4, -0.2) is 32.9 Å². The third kappa shape index (κ3) is 4.03. The second kappa shape index (κ2) is 7.43. The van der Waals surface area contributed by atoms with Crippen LogP contribution in [0.1, 0.15) is 16.9 Å². The second-order valence-corrected chi connectivity index (χ2v) is 6.24. The van der Waals surface area contributed by atoms with Crippen molar-refractivity contribution in [3.05, 3.63) is 63.4 Å². The Morgan fingerprint density at radius 1 is 1.28 bits per heavy atom. The SMILES string of the molecule is O=C(CCn1cnc2ccc(Br)cc2c1=O)OCC(=O)c1ccc[nH]1. The van der Waals surface area contributed by atoms with Gasteiger partial charge in [0.1, 0.15) is 0 Å². The Hall–Kier alpha value is -2.74. The first-order valence-corrected chi connectivity index (χ1v) is 8.31. The first kappa shape index (κ1) is 17.1. The molecule has 0 bridgehead atoms. The fraction of sp³-hybridized carbons (Fsp3) is 0.176. The summed E-state index contributed by atoms with van der Waals surface area (Å²) in [7, 11) is 0. The van der Waals surface area contributed by atoms with E-state index in [4.69, 9.17) is 4.74 Å². The molecule has 1 N–H and O–H groups in total. The number of hydrogen-bond donors (Lipinski definition) is 1. The van der Waals surface area contributed by atoms with Crippen LogP contribution in [0, 0.1) is 0 Å². The molecule has 8 heteroatoms. The summed E-state index contributed by atoms with van der Waals surface area (Å²) in [5.41, 5.74) is 0.735. The number of fused-ring (bicyclic) bond motifs is 1. The zero-order chi connectivity index (χ0) is 17.8. The number of halogens is 1. The van der Waals surface area contributed by atoms with Gasteiger partial charge in [-0.2, -0.15) is 0 Å². The van der Waals surface area contributed by atoms with E-state index in [1.165, 1.54) is 10.9 Å². The molecule has 0 fully saturated rings. The number of ether oxygens (including phenoxy) is 1. The van der Waals surface area contributed by atoms with E-state index >= 15 is 0 Å². The number of H-pyrrole nitrogens is 1. The van der Waals surface area contributed by atoms with Crippen molar-refractivity contribution in [1.29, 1.82) is 0 Å². The molecule has 2 aromatic heterocycles. The summed E-state index contributed by atoms with van der Waals surface area (Å²) < 4.78 is 7.07. The number of carbonyl (C=O) groups excluding carboxylic acids is 2. The first-order valence-electron chi connectivity index (χ1n) is 7.51. The van der Waals surface area contributed by atoms with Gasteiger partial charge in [-0.3, -0.25) is 19.0 Å². The number of ketones is 1. The molecule has 0 radical (unpaired) electrons. The molecular formula is C17H14BrN3O4. The molecule has 7 nitrogen and oxygen atoms in total. The molecule has 25 heavy (non-hydrogen) atoms. The number of esters is 1. The largest absolute Gasteiger partial charge is 0.457 e. The maximum Gasteiger partial charge on any atom is 0.308 e. The molecule has 0 amide bonds. The number of aryl methyl sites for hydroxylation is 1. The summed E-state index contributed by atoms with van der Waals surface area (Å²) in [6, 6.07) is 8.53. The van der Waals surface area contributed by atoms with Crippen LogP contribution in [0.15, 0.2) is 52.1 Å². The van der Waals surface area contributed by atoms with E-state index in [2.05, 4.69) is 25.9 Å². The van der Waals surface area contributed by atoms with E-state index in [0.29, 0.717) is 16.6 Å². The first-order chi connectivity index (χ1) is 12.0. The predicted octanol–water partition coefficient (Wildman–Crippen LogP) is 2.30. The topological polar surface area (TPSA) is 94.0 Å². The molecule has 0 unspecified atom stereocenters. The quantitative estimate of drug-likeness (QED) is 0.503. The van der Waals surface area contributed by atoms with Gasteiger partial charge in [0.25, 0.3) is 5.56 Å². The van der Waals surface area contributed by atoms with E-state index in [0.717, 1.165) is 4.47 Å². The molecule has 0 atom stereocenters. The molecule has 0 aliphatic carbocycles. The summed E-state index contributed by atoms with van der Waals surface area (Å²) in [6.07, 6.45) is 2.99. The van der Waals surface area contributed by atoms with Gasteiger partial charge in [0.2, 0.25) is 5.78 Å². The van der Waals surface area contributed by atoms with Gasteiger partial charge in [-0.25, -0.2) is 4.98 Å². The van der Waals surface area contributed by atoms with Crippen LogP contribution in [0.4, 0.5) is 0 Å². The molecule has 2 heterocycles. The molecule has 0 spiro atoms. The number of nitrogens with one attached hydrogen (secondary N) is 1. The predicted molar refractivity (Wildman–Crippen MR) is 94.4 cm³/mol. The Bertz CT molecular complexity index is 979. The van der Waals surface area contributed by atoms with E-state index in [-0.39, 0.29) is 30.9 Å². The van der Waals surface area contributed by atoms with Crippen molar-refractivity contribution in [3.63, 3.8) is 0 Å². The van der Waals surface area contributed by atoms with Crippen molar-refractivity contribution in [3.8, 4) is 0 Å². The standard InChI is InChI=1S/C17H14BrN3O4/c18-11-3-4-13-12(8-11)17(24)21(10-20-13)7-5-16(23)25-9-15(22)14-2-1-6-19-14/h1-4,6,8,10,19H,5,7,9H2. The number of benzene rings is 1. The average molecular weight is 404 g/mol. The van der Waals surface area contributed by atoms with Gasteiger partial charge in [0.05, 0.1) is 29.3 Å². The summed E-state index contributed by atoms with van der Waals surface area (Å²) in [5, 5.41) is 0.465. The zero-order valence-corrected chi connectivity index (χ0v) is 14.7. The monoisotopic (exact) mass is 403 g/mol. The Kier molecular flexibility index (Phi) is 5.08. The van der Waals surface area contributed by atoms with Crippen LogP contribution in [-0.2, 0) is 16.1 Å². The zero-order valence-electron chi connectivity index (χ0n) is 13.1. The number of Topliss-reactive ketones (excluding diaryl/α,β-unsaturated/α-hetero) is 1. The number of aromatic amines is 1. The molecule has 128 valence electrons. The van der Waals surface area contributed by atoms with Crippen molar-refractivity contribution in [2.45, 2.75) is 13.0 Å². The van der Waals surface area contributed by atoms with Gasteiger partial charge in [-0.1, -0.05) is 15.9 Å². The van der Waals surface area contributed by atoms with Crippen LogP contribution < -0.4 is 5.56 Å². The molecule has 0 saturated carbocycles. The van der Waals surface area contributed by atoms with Crippen LogP contribution >= 0.6 is 15.9 Å². The van der Waals surface area contributed by atoms with Crippen molar-refractivity contribution in [2.24, 2.45) is 0 Å². The van der Waals surface area contributed by atoms with E-state index in [9.17, 15) is 14.4 Å². The van der Waals surface area contributed by atoms with E-state index < -0.39 is 5.97 Å². The summed E-state index contributed by atoms with van der Waals surface area (Å²) >= 11 is 3.32. The number of hydrogen-bond acceptors (Lipinski definition) is 5. The van der Waals surface area contributed by atoms with E-state index in [1.807, 2.05) is 0 Å². The fourth-order valence-electron chi connectivity index (χ4n) is 2.30. The average Bonchev–Trinajstić information content (AvgIpc) is 3.14. The van der Waals surface area contributed by atoms with Gasteiger partial charge in [0, 0.05) is 17.2 Å². The lowest BCUT2D eigenvalue weighted by atomic mass is 10.2. The van der Waals surface area contributed by atoms with Gasteiger partial charge in [-0.15, -0.1) is 0 Å². The third-order valence-electron chi connectivity index (χ3n) is 3.61. The highest BCUT2D eigenvalue weighted by Crippen LogP contribution is 2.14. The second-order valence-electron chi connectivity index (χ2n) is 5.32. The van der Waals surface area contributed by atoms with Crippen molar-refractivity contribution >= 4 is 38.6 Å². The minimum absolute atomic E-state index is 0.0287. The van der Waals surface area contributed by atoms with Gasteiger partial charge in [0.15, 0.2) is 6.61 Å². The maximum atomic E-state index is 12.4. The summed E-state index contributed by atoms with van der Waals surface area (Å²) in [5.74, 6) is -0.867. The van der Waals surface area contributed by atoms with Crippen molar-refractivity contribution < 1.29 is 14.3 Å². The minimum Gasteiger partial charge on any atom is -0.457 e. The highest BCUT2D eigenvalue weighted by Gasteiger charge is 2.11. The molecule has 3 rings (SSSR count). The highest BCUT2D eigenvalue weighted by atomic mass is 79.9. The van der Waals surface area contributed by atoms with Crippen LogP contribution in [0.5, 0.6) is 0 Å². The Morgan fingerprint density at radius 3 is 2.88 bits per heavy atom. The number of nitrogens with zero attached hydrogens (tertiary/aromatic N) is 2. The summed E-state index contributed by atoms with van der Waals surface area (Å²) in [6.45, 7) is -0.207.